The zero-order valence-corrected chi connectivity index (χ0v) is 15.4. The van der Waals surface area contributed by atoms with Gasteiger partial charge in [-0.1, -0.05) is 19.3 Å². The molecule has 0 amide bonds. The Morgan fingerprint density at radius 3 is 2.65 bits per heavy atom. The van der Waals surface area contributed by atoms with Gasteiger partial charge in [0.15, 0.2) is 5.96 Å². The van der Waals surface area contributed by atoms with E-state index >= 15 is 0 Å². The van der Waals surface area contributed by atoms with Crippen LogP contribution in [-0.4, -0.2) is 62.3 Å². The summed E-state index contributed by atoms with van der Waals surface area (Å²) in [7, 11) is 2.26. The van der Waals surface area contributed by atoms with Crippen molar-refractivity contribution in [3.63, 3.8) is 0 Å². The van der Waals surface area contributed by atoms with E-state index < -0.39 is 0 Å². The van der Waals surface area contributed by atoms with Crippen LogP contribution in [0.1, 0.15) is 58.8 Å². The molecule has 0 radical (unpaired) electrons. The number of guanidine groups is 1. The Hall–Kier alpha value is -0.810. The van der Waals surface area contributed by atoms with Crippen molar-refractivity contribution < 1.29 is 4.74 Å². The summed E-state index contributed by atoms with van der Waals surface area (Å²) in [4.78, 5) is 7.24. The fraction of sp³-hybridized carbons (Fsp3) is 0.944. The normalized spacial score (nSPS) is 26.7. The highest BCUT2D eigenvalue weighted by Gasteiger charge is 2.29. The van der Waals surface area contributed by atoms with Gasteiger partial charge in [0.25, 0.3) is 0 Å². The van der Waals surface area contributed by atoms with Crippen LogP contribution in [0.3, 0.4) is 0 Å². The maximum atomic E-state index is 5.82. The zero-order chi connectivity index (χ0) is 16.5. The van der Waals surface area contributed by atoms with Gasteiger partial charge in [-0.05, 0) is 46.6 Å². The molecule has 2 rings (SSSR count). The molecule has 2 N–H and O–H groups in total. The maximum absolute atomic E-state index is 5.82. The lowest BCUT2D eigenvalue weighted by Gasteiger charge is -2.31. The Kier molecular flexibility index (Phi) is 7.63. The predicted molar refractivity (Wildman–Crippen MR) is 97.1 cm³/mol. The molecular weight excluding hydrogens is 288 g/mol. The fourth-order valence-electron chi connectivity index (χ4n) is 3.60. The lowest BCUT2D eigenvalue weighted by atomic mass is 9.94. The van der Waals surface area contributed by atoms with Gasteiger partial charge in [0.1, 0.15) is 0 Å². The average Bonchev–Trinajstić information content (AvgIpc) is 3.00. The van der Waals surface area contributed by atoms with E-state index in [1.807, 2.05) is 0 Å². The number of rotatable bonds is 7. The fourth-order valence-corrected chi connectivity index (χ4v) is 3.60. The largest absolute Gasteiger partial charge is 0.373 e. The van der Waals surface area contributed by atoms with Gasteiger partial charge >= 0.3 is 0 Å². The second kappa shape index (κ2) is 9.48. The molecule has 1 aliphatic heterocycles. The van der Waals surface area contributed by atoms with Crippen LogP contribution in [0.4, 0.5) is 0 Å². The van der Waals surface area contributed by atoms with Crippen LogP contribution in [0, 0.1) is 0 Å². The van der Waals surface area contributed by atoms with Crippen LogP contribution in [0.5, 0.6) is 0 Å². The lowest BCUT2D eigenvalue weighted by Crippen LogP contribution is -2.44. The van der Waals surface area contributed by atoms with Crippen LogP contribution >= 0.6 is 0 Å². The summed E-state index contributed by atoms with van der Waals surface area (Å²) < 4.78 is 5.82. The Morgan fingerprint density at radius 1 is 1.22 bits per heavy atom. The van der Waals surface area contributed by atoms with Crippen LogP contribution in [0.25, 0.3) is 0 Å². The van der Waals surface area contributed by atoms with Crippen molar-refractivity contribution in [2.75, 3.05) is 39.8 Å². The highest BCUT2D eigenvalue weighted by molar-refractivity contribution is 5.79. The van der Waals surface area contributed by atoms with Crippen molar-refractivity contribution in [1.29, 1.82) is 0 Å². The Balaban J connectivity index is 1.72. The van der Waals surface area contributed by atoms with Crippen molar-refractivity contribution in [2.24, 2.45) is 4.99 Å². The minimum absolute atomic E-state index is 0.0682. The Labute approximate surface area is 142 Å². The highest BCUT2D eigenvalue weighted by Crippen LogP contribution is 2.25. The molecule has 23 heavy (non-hydrogen) atoms. The Morgan fingerprint density at radius 2 is 2.00 bits per heavy atom. The predicted octanol–water partition coefficient (Wildman–Crippen LogP) is 2.38. The molecule has 1 unspecified atom stereocenters. The third kappa shape index (κ3) is 6.30. The van der Waals surface area contributed by atoms with Gasteiger partial charge in [0.2, 0.25) is 0 Å². The summed E-state index contributed by atoms with van der Waals surface area (Å²) >= 11 is 0. The minimum atomic E-state index is -0.0682. The summed E-state index contributed by atoms with van der Waals surface area (Å²) in [5, 5.41) is 6.82. The van der Waals surface area contributed by atoms with Gasteiger partial charge < -0.3 is 20.3 Å². The average molecular weight is 325 g/mol. The molecule has 1 aliphatic carbocycles. The number of aliphatic imine (C=N–C) groups is 1. The molecule has 0 aromatic heterocycles. The van der Waals surface area contributed by atoms with Crippen molar-refractivity contribution in [3.8, 4) is 0 Å². The standard InChI is InChI=1S/C18H36N4O/c1-4-19-17(21-15-18(2)11-8-14-23-18)20-12-13-22(3)16-9-6-5-7-10-16/h16H,4-15H2,1-3H3,(H2,19,20,21). The van der Waals surface area contributed by atoms with Crippen LogP contribution in [-0.2, 0) is 4.74 Å². The molecule has 1 atom stereocenters. The third-order valence-electron chi connectivity index (χ3n) is 5.17. The van der Waals surface area contributed by atoms with Crippen LogP contribution in [0.15, 0.2) is 4.99 Å². The smallest absolute Gasteiger partial charge is 0.191 e. The van der Waals surface area contributed by atoms with Crippen LogP contribution < -0.4 is 10.6 Å². The van der Waals surface area contributed by atoms with Gasteiger partial charge in [-0.15, -0.1) is 0 Å². The van der Waals surface area contributed by atoms with E-state index in [-0.39, 0.29) is 5.60 Å². The molecule has 2 aliphatic rings. The summed E-state index contributed by atoms with van der Waals surface area (Å²) in [5.74, 6) is 0.918. The first-order chi connectivity index (χ1) is 11.1. The molecule has 0 aromatic carbocycles. The van der Waals surface area contributed by atoms with Crippen molar-refractivity contribution >= 4 is 5.96 Å². The second-order valence-corrected chi connectivity index (χ2v) is 7.30. The van der Waals surface area contributed by atoms with E-state index in [0.717, 1.165) is 57.6 Å². The van der Waals surface area contributed by atoms with E-state index in [2.05, 4.69) is 36.4 Å². The lowest BCUT2D eigenvalue weighted by molar-refractivity contribution is 0.0283. The molecule has 5 heteroatoms. The third-order valence-corrected chi connectivity index (χ3v) is 5.17. The summed E-state index contributed by atoms with van der Waals surface area (Å²) in [5.41, 5.74) is -0.0682. The van der Waals surface area contributed by atoms with Gasteiger partial charge in [-0.25, -0.2) is 0 Å². The molecule has 1 saturated carbocycles. The van der Waals surface area contributed by atoms with Crippen molar-refractivity contribution in [2.45, 2.75) is 70.4 Å². The van der Waals surface area contributed by atoms with E-state index in [0.29, 0.717) is 0 Å². The van der Waals surface area contributed by atoms with E-state index in [1.54, 1.807) is 0 Å². The minimum Gasteiger partial charge on any atom is -0.373 e. The zero-order valence-electron chi connectivity index (χ0n) is 15.4. The quantitative estimate of drug-likeness (QED) is 0.558. The molecule has 2 fully saturated rings. The molecule has 134 valence electrons. The molecule has 5 nitrogen and oxygen atoms in total. The summed E-state index contributed by atoms with van der Waals surface area (Å²) in [6.45, 7) is 8.80. The molecule has 0 spiro atoms. The number of likely N-dealkylation sites (N-methyl/N-ethyl adjacent to an activating group) is 1. The number of ether oxygens (including phenoxy) is 1. The van der Waals surface area contributed by atoms with Crippen molar-refractivity contribution in [1.82, 2.24) is 15.5 Å². The number of hydrogen-bond donors (Lipinski definition) is 2. The van der Waals surface area contributed by atoms with Gasteiger partial charge in [-0.2, -0.15) is 0 Å². The second-order valence-electron chi connectivity index (χ2n) is 7.30. The monoisotopic (exact) mass is 324 g/mol. The topological polar surface area (TPSA) is 48.9 Å². The molecule has 0 aromatic rings. The number of hydrogen-bond acceptors (Lipinski definition) is 3. The maximum Gasteiger partial charge on any atom is 0.191 e. The van der Waals surface area contributed by atoms with Gasteiger partial charge in [0, 0.05) is 32.3 Å². The first-order valence-electron chi connectivity index (χ1n) is 9.49. The SMILES string of the molecule is CCNC(=NCC1(C)CCCO1)NCCN(C)C1CCCCC1. The van der Waals surface area contributed by atoms with E-state index in [1.165, 1.54) is 32.1 Å². The summed E-state index contributed by atoms with van der Waals surface area (Å²) in [6, 6.07) is 0.774. The number of nitrogens with one attached hydrogen (secondary N) is 2. The Bertz CT molecular complexity index is 360. The molecule has 1 saturated heterocycles. The van der Waals surface area contributed by atoms with Gasteiger partial charge in [-0.3, -0.25) is 4.99 Å². The summed E-state index contributed by atoms with van der Waals surface area (Å²) in [6.07, 6.45) is 9.19. The van der Waals surface area contributed by atoms with Gasteiger partial charge in [0.05, 0.1) is 12.1 Å². The molecular formula is C18H36N4O. The van der Waals surface area contributed by atoms with E-state index in [9.17, 15) is 0 Å². The highest BCUT2D eigenvalue weighted by atomic mass is 16.5. The molecule has 1 heterocycles. The van der Waals surface area contributed by atoms with Crippen LogP contribution in [0.2, 0.25) is 0 Å². The molecule has 0 bridgehead atoms. The number of nitrogens with zero attached hydrogens (tertiary/aromatic N) is 2. The van der Waals surface area contributed by atoms with E-state index in [4.69, 9.17) is 9.73 Å². The first kappa shape index (κ1) is 18.5. The first-order valence-corrected chi connectivity index (χ1v) is 9.49. The van der Waals surface area contributed by atoms with Crippen molar-refractivity contribution in [3.05, 3.63) is 0 Å².